The zero-order chi connectivity index (χ0) is 14.2. The third-order valence-electron chi connectivity index (χ3n) is 4.21. The zero-order valence-electron chi connectivity index (χ0n) is 12.7. The van der Waals surface area contributed by atoms with E-state index in [1.165, 1.54) is 19.4 Å². The van der Waals surface area contributed by atoms with Crippen molar-refractivity contribution in [2.45, 2.75) is 51.1 Å². The molecule has 2 rings (SSSR count). The van der Waals surface area contributed by atoms with Gasteiger partial charge in [0, 0.05) is 38.1 Å². The van der Waals surface area contributed by atoms with Crippen molar-refractivity contribution in [1.29, 1.82) is 0 Å². The Morgan fingerprint density at radius 3 is 2.85 bits per heavy atom. The molecule has 0 aliphatic carbocycles. The molecule has 5 nitrogen and oxygen atoms in total. The van der Waals surface area contributed by atoms with Crippen LogP contribution < -0.4 is 10.6 Å². The molecule has 2 aliphatic rings. The van der Waals surface area contributed by atoms with E-state index in [9.17, 15) is 4.79 Å². The number of nitrogens with one attached hydrogen (secondary N) is 2. The maximum absolute atomic E-state index is 12.0. The minimum Gasteiger partial charge on any atom is -0.378 e. The number of nitrogens with zero attached hydrogens (tertiary/aromatic N) is 1. The molecule has 116 valence electrons. The highest BCUT2D eigenvalue weighted by Crippen LogP contribution is 2.11. The monoisotopic (exact) mass is 283 g/mol. The van der Waals surface area contributed by atoms with E-state index in [4.69, 9.17) is 4.74 Å². The molecule has 2 aliphatic heterocycles. The maximum atomic E-state index is 12.0. The first kappa shape index (κ1) is 15.7. The Morgan fingerprint density at radius 2 is 2.20 bits per heavy atom. The maximum Gasteiger partial charge on any atom is 0.221 e. The molecule has 20 heavy (non-hydrogen) atoms. The Balaban J connectivity index is 1.60. The van der Waals surface area contributed by atoms with Gasteiger partial charge in [0.15, 0.2) is 0 Å². The summed E-state index contributed by atoms with van der Waals surface area (Å²) in [6.07, 6.45) is 5.25. The normalized spacial score (nSPS) is 25.6. The summed E-state index contributed by atoms with van der Waals surface area (Å²) in [6.45, 7) is 7.95. The lowest BCUT2D eigenvalue weighted by Gasteiger charge is -2.32. The minimum atomic E-state index is 0.167. The van der Waals surface area contributed by atoms with E-state index < -0.39 is 0 Å². The van der Waals surface area contributed by atoms with Gasteiger partial charge in [-0.2, -0.15) is 0 Å². The Kier molecular flexibility index (Phi) is 6.76. The molecule has 5 heteroatoms. The van der Waals surface area contributed by atoms with Gasteiger partial charge in [-0.1, -0.05) is 13.3 Å². The number of carbonyl (C=O) groups is 1. The molecule has 0 bridgehead atoms. The highest BCUT2D eigenvalue weighted by molar-refractivity contribution is 5.76. The van der Waals surface area contributed by atoms with Gasteiger partial charge in [0.25, 0.3) is 0 Å². The first-order valence-corrected chi connectivity index (χ1v) is 8.10. The molecule has 0 radical (unpaired) electrons. The van der Waals surface area contributed by atoms with E-state index >= 15 is 0 Å². The van der Waals surface area contributed by atoms with Gasteiger partial charge >= 0.3 is 0 Å². The number of piperidine rings is 1. The van der Waals surface area contributed by atoms with Gasteiger partial charge in [0.1, 0.15) is 0 Å². The van der Waals surface area contributed by atoms with Crippen LogP contribution in [-0.2, 0) is 9.53 Å². The SMILES string of the molecule is CCCCN1CCC(NC(=O)CC2COCCN2)CC1. The fraction of sp³-hybridized carbons (Fsp3) is 0.933. The molecule has 2 heterocycles. The van der Waals surface area contributed by atoms with Crippen molar-refractivity contribution in [2.24, 2.45) is 0 Å². The number of rotatable bonds is 6. The molecule has 2 fully saturated rings. The largest absolute Gasteiger partial charge is 0.378 e. The average Bonchev–Trinajstić information content (AvgIpc) is 2.47. The predicted molar refractivity (Wildman–Crippen MR) is 79.7 cm³/mol. The fourth-order valence-electron chi connectivity index (χ4n) is 2.94. The zero-order valence-corrected chi connectivity index (χ0v) is 12.7. The van der Waals surface area contributed by atoms with Gasteiger partial charge in [-0.05, 0) is 25.8 Å². The molecule has 2 N–H and O–H groups in total. The first-order chi connectivity index (χ1) is 9.78. The number of amides is 1. The van der Waals surface area contributed by atoms with Crippen LogP contribution in [0.3, 0.4) is 0 Å². The van der Waals surface area contributed by atoms with E-state index in [0.717, 1.165) is 39.1 Å². The van der Waals surface area contributed by atoms with Crippen LogP contribution in [0.4, 0.5) is 0 Å². The molecule has 0 spiro atoms. The summed E-state index contributed by atoms with van der Waals surface area (Å²) in [5, 5.41) is 6.51. The lowest BCUT2D eigenvalue weighted by atomic mass is 10.0. The number of likely N-dealkylation sites (tertiary alicyclic amines) is 1. The lowest BCUT2D eigenvalue weighted by Crippen LogP contribution is -2.48. The summed E-state index contributed by atoms with van der Waals surface area (Å²) in [5.74, 6) is 0.167. The second-order valence-electron chi connectivity index (χ2n) is 5.97. The Labute approximate surface area is 122 Å². The molecule has 0 saturated carbocycles. The number of unbranched alkanes of at least 4 members (excludes halogenated alkanes) is 1. The molecule has 1 unspecified atom stereocenters. The Bertz CT molecular complexity index is 285. The van der Waals surface area contributed by atoms with E-state index in [2.05, 4.69) is 22.5 Å². The van der Waals surface area contributed by atoms with Crippen LogP contribution in [0.25, 0.3) is 0 Å². The van der Waals surface area contributed by atoms with Gasteiger partial charge in [-0.3, -0.25) is 4.79 Å². The molecule has 0 aromatic heterocycles. The van der Waals surface area contributed by atoms with Crippen molar-refractivity contribution in [3.8, 4) is 0 Å². The third kappa shape index (κ3) is 5.38. The second kappa shape index (κ2) is 8.60. The number of morpholine rings is 1. The molecule has 0 aromatic rings. The summed E-state index contributed by atoms with van der Waals surface area (Å²) in [5.41, 5.74) is 0. The van der Waals surface area contributed by atoms with E-state index in [0.29, 0.717) is 19.1 Å². The fourth-order valence-corrected chi connectivity index (χ4v) is 2.94. The number of ether oxygens (including phenoxy) is 1. The van der Waals surface area contributed by atoms with Crippen molar-refractivity contribution in [3.05, 3.63) is 0 Å². The van der Waals surface area contributed by atoms with Crippen molar-refractivity contribution < 1.29 is 9.53 Å². The van der Waals surface area contributed by atoms with Crippen molar-refractivity contribution in [2.75, 3.05) is 39.4 Å². The van der Waals surface area contributed by atoms with Crippen LogP contribution >= 0.6 is 0 Å². The van der Waals surface area contributed by atoms with Crippen molar-refractivity contribution in [1.82, 2.24) is 15.5 Å². The highest BCUT2D eigenvalue weighted by atomic mass is 16.5. The van der Waals surface area contributed by atoms with E-state index in [-0.39, 0.29) is 11.9 Å². The van der Waals surface area contributed by atoms with Gasteiger partial charge in [0.2, 0.25) is 5.91 Å². The van der Waals surface area contributed by atoms with Gasteiger partial charge in [0.05, 0.1) is 13.2 Å². The Morgan fingerprint density at radius 1 is 1.40 bits per heavy atom. The van der Waals surface area contributed by atoms with Gasteiger partial charge < -0.3 is 20.3 Å². The van der Waals surface area contributed by atoms with Crippen molar-refractivity contribution >= 4 is 5.91 Å². The van der Waals surface area contributed by atoms with E-state index in [1.54, 1.807) is 0 Å². The smallest absolute Gasteiger partial charge is 0.221 e. The predicted octanol–water partition coefficient (Wildman–Crippen LogP) is 0.746. The van der Waals surface area contributed by atoms with Gasteiger partial charge in [-0.25, -0.2) is 0 Å². The molecular weight excluding hydrogens is 254 g/mol. The summed E-state index contributed by atoms with van der Waals surface area (Å²) >= 11 is 0. The van der Waals surface area contributed by atoms with Crippen LogP contribution in [0.1, 0.15) is 39.0 Å². The second-order valence-corrected chi connectivity index (χ2v) is 5.97. The molecule has 2 saturated heterocycles. The van der Waals surface area contributed by atoms with Gasteiger partial charge in [-0.15, -0.1) is 0 Å². The topological polar surface area (TPSA) is 53.6 Å². The number of hydrogen-bond acceptors (Lipinski definition) is 4. The summed E-state index contributed by atoms with van der Waals surface area (Å²) in [4.78, 5) is 14.5. The minimum absolute atomic E-state index is 0.167. The average molecular weight is 283 g/mol. The summed E-state index contributed by atoms with van der Waals surface area (Å²) in [6, 6.07) is 0.554. The number of hydrogen-bond donors (Lipinski definition) is 2. The molecular formula is C15H29N3O2. The molecule has 1 amide bonds. The number of carbonyl (C=O) groups excluding carboxylic acids is 1. The molecule has 1 atom stereocenters. The quantitative estimate of drug-likeness (QED) is 0.755. The summed E-state index contributed by atoms with van der Waals surface area (Å²) in [7, 11) is 0. The van der Waals surface area contributed by atoms with E-state index in [1.807, 2.05) is 0 Å². The molecule has 0 aromatic carbocycles. The highest BCUT2D eigenvalue weighted by Gasteiger charge is 2.22. The lowest BCUT2D eigenvalue weighted by molar-refractivity contribution is -0.123. The standard InChI is InChI=1S/C15H29N3O2/c1-2-3-7-18-8-4-13(5-9-18)17-15(19)11-14-12-20-10-6-16-14/h13-14,16H,2-12H2,1H3,(H,17,19). The third-order valence-corrected chi connectivity index (χ3v) is 4.21. The van der Waals surface area contributed by atoms with Crippen LogP contribution in [0.5, 0.6) is 0 Å². The van der Waals surface area contributed by atoms with Crippen LogP contribution in [-0.4, -0.2) is 62.3 Å². The van der Waals surface area contributed by atoms with Crippen LogP contribution in [0, 0.1) is 0 Å². The van der Waals surface area contributed by atoms with Crippen LogP contribution in [0.15, 0.2) is 0 Å². The van der Waals surface area contributed by atoms with Crippen molar-refractivity contribution in [3.63, 3.8) is 0 Å². The Hall–Kier alpha value is -0.650. The van der Waals surface area contributed by atoms with Crippen LogP contribution in [0.2, 0.25) is 0 Å². The first-order valence-electron chi connectivity index (χ1n) is 8.10. The summed E-state index contributed by atoms with van der Waals surface area (Å²) < 4.78 is 5.38.